The van der Waals surface area contributed by atoms with E-state index in [4.69, 9.17) is 11.6 Å². The summed E-state index contributed by atoms with van der Waals surface area (Å²) >= 11 is 5.71. The van der Waals surface area contributed by atoms with Gasteiger partial charge in [0.25, 0.3) is 0 Å². The highest BCUT2D eigenvalue weighted by atomic mass is 35.5. The van der Waals surface area contributed by atoms with E-state index in [9.17, 15) is 0 Å². The van der Waals surface area contributed by atoms with Crippen molar-refractivity contribution in [3.8, 4) is 0 Å². The van der Waals surface area contributed by atoms with E-state index in [1.165, 1.54) is 0 Å². The molecule has 0 bridgehead atoms. The van der Waals surface area contributed by atoms with Crippen molar-refractivity contribution < 1.29 is 0 Å². The number of aromatic nitrogens is 1. The summed E-state index contributed by atoms with van der Waals surface area (Å²) in [6.07, 6.45) is 1.67. The van der Waals surface area contributed by atoms with Crippen LogP contribution in [0.4, 0.5) is 0 Å². The Morgan fingerprint density at radius 1 is 1.46 bits per heavy atom. The van der Waals surface area contributed by atoms with Crippen molar-refractivity contribution in [1.82, 2.24) is 10.3 Å². The van der Waals surface area contributed by atoms with Gasteiger partial charge in [0.1, 0.15) is 0 Å². The van der Waals surface area contributed by atoms with Gasteiger partial charge in [-0.1, -0.05) is 25.4 Å². The van der Waals surface area contributed by atoms with Crippen LogP contribution in [0, 0.1) is 5.92 Å². The summed E-state index contributed by atoms with van der Waals surface area (Å²) in [4.78, 5) is 4.18. The van der Waals surface area contributed by atoms with Gasteiger partial charge in [0.2, 0.25) is 0 Å². The van der Waals surface area contributed by atoms with Crippen LogP contribution in [0.5, 0.6) is 0 Å². The van der Waals surface area contributed by atoms with Gasteiger partial charge in [-0.15, -0.1) is 0 Å². The number of rotatable bonds is 4. The minimum atomic E-state index is 0.673. The normalized spacial score (nSPS) is 10.8. The van der Waals surface area contributed by atoms with Crippen LogP contribution in [-0.4, -0.2) is 11.5 Å². The van der Waals surface area contributed by atoms with Gasteiger partial charge in [0.05, 0.1) is 10.7 Å². The molecule has 0 aliphatic carbocycles. The third-order valence-electron chi connectivity index (χ3n) is 1.65. The first kappa shape index (κ1) is 10.5. The van der Waals surface area contributed by atoms with E-state index in [1.807, 2.05) is 12.1 Å². The van der Waals surface area contributed by atoms with E-state index in [1.54, 1.807) is 6.20 Å². The maximum atomic E-state index is 5.71. The van der Waals surface area contributed by atoms with Crippen LogP contribution in [-0.2, 0) is 6.54 Å². The zero-order chi connectivity index (χ0) is 9.68. The Balaban J connectivity index is 2.33. The van der Waals surface area contributed by atoms with Crippen LogP contribution in [0.1, 0.15) is 19.5 Å². The SMILES string of the molecule is CC(C)CNCc1ccc(Cl)cn1. The fraction of sp³-hybridized carbons (Fsp3) is 0.500. The van der Waals surface area contributed by atoms with Gasteiger partial charge in [-0.05, 0) is 24.6 Å². The van der Waals surface area contributed by atoms with Crippen molar-refractivity contribution in [2.45, 2.75) is 20.4 Å². The lowest BCUT2D eigenvalue weighted by Gasteiger charge is -2.06. The highest BCUT2D eigenvalue weighted by molar-refractivity contribution is 6.30. The molecule has 0 aliphatic rings. The third-order valence-corrected chi connectivity index (χ3v) is 1.87. The summed E-state index contributed by atoms with van der Waals surface area (Å²) in [7, 11) is 0. The topological polar surface area (TPSA) is 24.9 Å². The van der Waals surface area contributed by atoms with E-state index in [-0.39, 0.29) is 0 Å². The Hall–Kier alpha value is -0.600. The zero-order valence-corrected chi connectivity index (χ0v) is 8.80. The predicted molar refractivity (Wildman–Crippen MR) is 55.8 cm³/mol. The van der Waals surface area contributed by atoms with Crippen molar-refractivity contribution in [2.75, 3.05) is 6.54 Å². The van der Waals surface area contributed by atoms with E-state index in [2.05, 4.69) is 24.1 Å². The fourth-order valence-electron chi connectivity index (χ4n) is 1.000. The van der Waals surface area contributed by atoms with Gasteiger partial charge in [0.15, 0.2) is 0 Å². The summed E-state index contributed by atoms with van der Waals surface area (Å²) in [5, 5.41) is 4.00. The van der Waals surface area contributed by atoms with Crippen molar-refractivity contribution in [1.29, 1.82) is 0 Å². The number of hydrogen-bond donors (Lipinski definition) is 1. The summed E-state index contributed by atoms with van der Waals surface area (Å²) in [6, 6.07) is 3.80. The molecule has 0 aliphatic heterocycles. The van der Waals surface area contributed by atoms with Crippen molar-refractivity contribution in [3.05, 3.63) is 29.0 Å². The molecule has 1 aromatic heterocycles. The van der Waals surface area contributed by atoms with E-state index < -0.39 is 0 Å². The smallest absolute Gasteiger partial charge is 0.0589 e. The van der Waals surface area contributed by atoms with Crippen LogP contribution in [0.3, 0.4) is 0 Å². The molecule has 0 unspecified atom stereocenters. The molecule has 0 aromatic carbocycles. The van der Waals surface area contributed by atoms with E-state index >= 15 is 0 Å². The van der Waals surface area contributed by atoms with Crippen LogP contribution in [0.15, 0.2) is 18.3 Å². The highest BCUT2D eigenvalue weighted by Gasteiger charge is 1.95. The van der Waals surface area contributed by atoms with Gasteiger partial charge < -0.3 is 5.32 Å². The molecule has 1 rings (SSSR count). The van der Waals surface area contributed by atoms with Gasteiger partial charge >= 0.3 is 0 Å². The summed E-state index contributed by atoms with van der Waals surface area (Å²) in [5.41, 5.74) is 1.03. The second kappa shape index (κ2) is 5.20. The molecule has 0 saturated carbocycles. The molecule has 3 heteroatoms. The monoisotopic (exact) mass is 198 g/mol. The van der Waals surface area contributed by atoms with Crippen LogP contribution < -0.4 is 5.32 Å². The summed E-state index contributed by atoms with van der Waals surface area (Å²) < 4.78 is 0. The first-order valence-corrected chi connectivity index (χ1v) is 4.87. The lowest BCUT2D eigenvalue weighted by molar-refractivity contribution is 0.548. The molecular weight excluding hydrogens is 184 g/mol. The quantitative estimate of drug-likeness (QED) is 0.804. The van der Waals surface area contributed by atoms with Crippen LogP contribution >= 0.6 is 11.6 Å². The minimum absolute atomic E-state index is 0.673. The van der Waals surface area contributed by atoms with Crippen LogP contribution in [0.25, 0.3) is 0 Å². The molecule has 1 aromatic rings. The maximum absolute atomic E-state index is 5.71. The Kier molecular flexibility index (Phi) is 4.19. The fourth-order valence-corrected chi connectivity index (χ4v) is 1.11. The number of hydrogen-bond acceptors (Lipinski definition) is 2. The second-order valence-corrected chi connectivity index (χ2v) is 3.93. The van der Waals surface area contributed by atoms with Crippen LogP contribution in [0.2, 0.25) is 5.02 Å². The molecule has 0 amide bonds. The molecule has 2 nitrogen and oxygen atoms in total. The number of halogens is 1. The summed E-state index contributed by atoms with van der Waals surface area (Å²) in [5.74, 6) is 0.673. The first-order valence-electron chi connectivity index (χ1n) is 4.49. The number of nitrogens with one attached hydrogen (secondary N) is 1. The lowest BCUT2D eigenvalue weighted by atomic mass is 10.2. The van der Waals surface area contributed by atoms with Gasteiger partial charge in [-0.3, -0.25) is 4.98 Å². The molecule has 0 saturated heterocycles. The van der Waals surface area contributed by atoms with Crippen molar-refractivity contribution >= 4 is 11.6 Å². The van der Waals surface area contributed by atoms with Gasteiger partial charge in [0, 0.05) is 12.7 Å². The molecule has 0 radical (unpaired) electrons. The maximum Gasteiger partial charge on any atom is 0.0589 e. The molecule has 13 heavy (non-hydrogen) atoms. The van der Waals surface area contributed by atoms with Gasteiger partial charge in [-0.25, -0.2) is 0 Å². The van der Waals surface area contributed by atoms with Crippen molar-refractivity contribution in [2.24, 2.45) is 5.92 Å². The Morgan fingerprint density at radius 3 is 2.77 bits per heavy atom. The lowest BCUT2D eigenvalue weighted by Crippen LogP contribution is -2.19. The molecule has 0 atom stereocenters. The third kappa shape index (κ3) is 4.25. The van der Waals surface area contributed by atoms with E-state index in [0.717, 1.165) is 18.8 Å². The molecular formula is C10H15ClN2. The molecule has 1 heterocycles. The minimum Gasteiger partial charge on any atom is -0.311 e. The summed E-state index contributed by atoms with van der Waals surface area (Å²) in [6.45, 7) is 6.20. The Morgan fingerprint density at radius 2 is 2.23 bits per heavy atom. The van der Waals surface area contributed by atoms with E-state index in [0.29, 0.717) is 10.9 Å². The Labute approximate surface area is 84.3 Å². The highest BCUT2D eigenvalue weighted by Crippen LogP contribution is 2.05. The number of nitrogens with zero attached hydrogens (tertiary/aromatic N) is 1. The number of pyridine rings is 1. The molecule has 0 fully saturated rings. The Bertz CT molecular complexity index is 244. The standard InChI is InChI=1S/C10H15ClN2/c1-8(2)5-12-7-10-4-3-9(11)6-13-10/h3-4,6,8,12H,5,7H2,1-2H3. The molecule has 1 N–H and O–H groups in total. The van der Waals surface area contributed by atoms with Crippen molar-refractivity contribution in [3.63, 3.8) is 0 Å². The average molecular weight is 199 g/mol. The average Bonchev–Trinajstić information content (AvgIpc) is 2.08. The van der Waals surface area contributed by atoms with Gasteiger partial charge in [-0.2, -0.15) is 0 Å². The second-order valence-electron chi connectivity index (χ2n) is 3.49. The first-order chi connectivity index (χ1) is 6.18. The zero-order valence-electron chi connectivity index (χ0n) is 8.05. The molecule has 0 spiro atoms. The predicted octanol–water partition coefficient (Wildman–Crippen LogP) is 2.48. The molecule has 72 valence electrons. The largest absolute Gasteiger partial charge is 0.311 e.